The number of fused-ring (bicyclic) bond motifs is 1. The maximum absolute atomic E-state index is 12.3. The summed E-state index contributed by atoms with van der Waals surface area (Å²) in [6, 6.07) is 19.2. The molecule has 0 fully saturated rings. The first kappa shape index (κ1) is 22.5. The fourth-order valence-corrected chi connectivity index (χ4v) is 3.82. The molecule has 0 spiro atoms. The molecule has 0 aliphatic heterocycles. The van der Waals surface area contributed by atoms with E-state index in [9.17, 15) is 21.6 Å². The molecule has 4 rings (SSSR count). The number of aromatic nitrogens is 2. The van der Waals surface area contributed by atoms with Gasteiger partial charge in [0, 0.05) is 5.69 Å². The van der Waals surface area contributed by atoms with E-state index in [-0.39, 0.29) is 12.4 Å². The van der Waals surface area contributed by atoms with Gasteiger partial charge in [0.25, 0.3) is 0 Å². The molecule has 0 saturated carbocycles. The molecule has 0 radical (unpaired) electrons. The summed E-state index contributed by atoms with van der Waals surface area (Å²) >= 11 is 0. The first-order chi connectivity index (χ1) is 15.6. The molecule has 0 atom stereocenters. The van der Waals surface area contributed by atoms with Crippen LogP contribution in [0.5, 0.6) is 11.5 Å². The Bertz CT molecular complexity index is 1380. The van der Waals surface area contributed by atoms with Gasteiger partial charge in [-0.05, 0) is 54.6 Å². The lowest BCUT2D eigenvalue weighted by atomic mass is 10.2. The van der Waals surface area contributed by atoms with Crippen molar-refractivity contribution in [3.05, 3.63) is 78.6 Å². The summed E-state index contributed by atoms with van der Waals surface area (Å²) in [5.41, 5.74) is 2.53. The molecular formula is C22H18F3N3O4S. The van der Waals surface area contributed by atoms with Gasteiger partial charge in [0.2, 0.25) is 10.0 Å². The molecular weight excluding hydrogens is 459 g/mol. The van der Waals surface area contributed by atoms with Crippen LogP contribution in [0.25, 0.3) is 16.7 Å². The predicted molar refractivity (Wildman–Crippen MR) is 117 cm³/mol. The Balaban J connectivity index is 1.63. The summed E-state index contributed by atoms with van der Waals surface area (Å²) in [7, 11) is -3.46. The SMILES string of the molecule is CS(=O)(=O)Nc1cccc(-n2c(COc3ccc(OC(F)(F)F)cc3)nc3ccccc32)c1. The highest BCUT2D eigenvalue weighted by molar-refractivity contribution is 7.92. The number of para-hydroxylation sites is 2. The molecule has 0 bridgehead atoms. The zero-order valence-electron chi connectivity index (χ0n) is 17.2. The number of alkyl halides is 3. The second kappa shape index (κ2) is 8.66. The van der Waals surface area contributed by atoms with E-state index in [1.807, 2.05) is 28.8 Å². The van der Waals surface area contributed by atoms with E-state index in [1.165, 1.54) is 12.1 Å². The van der Waals surface area contributed by atoms with E-state index in [1.54, 1.807) is 24.3 Å². The van der Waals surface area contributed by atoms with Crippen molar-refractivity contribution < 1.29 is 31.1 Å². The van der Waals surface area contributed by atoms with Gasteiger partial charge in [-0.15, -0.1) is 13.2 Å². The van der Waals surface area contributed by atoms with E-state index in [4.69, 9.17) is 4.74 Å². The molecule has 0 aliphatic rings. The molecule has 0 saturated heterocycles. The number of nitrogens with one attached hydrogen (secondary N) is 1. The van der Waals surface area contributed by atoms with Gasteiger partial charge in [-0.3, -0.25) is 9.29 Å². The van der Waals surface area contributed by atoms with Gasteiger partial charge in [0.1, 0.15) is 18.1 Å². The lowest BCUT2D eigenvalue weighted by Crippen LogP contribution is -2.16. The minimum absolute atomic E-state index is 0.0118. The standard InChI is InChI=1S/C22H18F3N3O4S/c1-33(29,30)27-15-5-4-6-16(13-15)28-20-8-3-2-7-19(20)26-21(28)14-31-17-9-11-18(12-10-17)32-22(23,24)25/h2-13,27H,14H2,1H3. The van der Waals surface area contributed by atoms with Crippen LogP contribution in [-0.4, -0.2) is 30.6 Å². The van der Waals surface area contributed by atoms with Crippen molar-refractivity contribution in [2.45, 2.75) is 13.0 Å². The Morgan fingerprint density at radius 1 is 0.970 bits per heavy atom. The Morgan fingerprint density at radius 3 is 2.36 bits per heavy atom. The molecule has 3 aromatic carbocycles. The smallest absolute Gasteiger partial charge is 0.486 e. The van der Waals surface area contributed by atoms with Gasteiger partial charge in [-0.1, -0.05) is 18.2 Å². The lowest BCUT2D eigenvalue weighted by molar-refractivity contribution is -0.274. The van der Waals surface area contributed by atoms with E-state index >= 15 is 0 Å². The minimum Gasteiger partial charge on any atom is -0.486 e. The van der Waals surface area contributed by atoms with Crippen LogP contribution in [0.15, 0.2) is 72.8 Å². The predicted octanol–water partition coefficient (Wildman–Crippen LogP) is 4.87. The fraction of sp³-hybridized carbons (Fsp3) is 0.136. The van der Waals surface area contributed by atoms with Crippen LogP contribution in [0.2, 0.25) is 0 Å². The number of hydrogen-bond donors (Lipinski definition) is 1. The molecule has 172 valence electrons. The third-order valence-electron chi connectivity index (χ3n) is 4.46. The van der Waals surface area contributed by atoms with Gasteiger partial charge in [-0.2, -0.15) is 0 Å². The fourth-order valence-electron chi connectivity index (χ4n) is 3.27. The molecule has 7 nitrogen and oxygen atoms in total. The third kappa shape index (κ3) is 5.75. The molecule has 0 amide bonds. The third-order valence-corrected chi connectivity index (χ3v) is 5.07. The minimum atomic E-state index is -4.77. The highest BCUT2D eigenvalue weighted by Crippen LogP contribution is 2.27. The second-order valence-corrected chi connectivity index (χ2v) is 8.83. The molecule has 1 heterocycles. The number of nitrogens with zero attached hydrogens (tertiary/aromatic N) is 2. The molecule has 1 N–H and O–H groups in total. The molecule has 1 aromatic heterocycles. The van der Waals surface area contributed by atoms with Crippen LogP contribution in [0.1, 0.15) is 5.82 Å². The summed E-state index contributed by atoms with van der Waals surface area (Å²) in [6.45, 7) is 0.0118. The quantitative estimate of drug-likeness (QED) is 0.411. The second-order valence-electron chi connectivity index (χ2n) is 7.08. The number of benzene rings is 3. The average Bonchev–Trinajstić information content (AvgIpc) is 3.09. The lowest BCUT2D eigenvalue weighted by Gasteiger charge is -2.13. The summed E-state index contributed by atoms with van der Waals surface area (Å²) in [5.74, 6) is 0.497. The normalized spacial score (nSPS) is 12.0. The van der Waals surface area contributed by atoms with E-state index < -0.39 is 16.4 Å². The summed E-state index contributed by atoms with van der Waals surface area (Å²) in [4.78, 5) is 4.60. The van der Waals surface area contributed by atoms with E-state index in [0.717, 1.165) is 23.9 Å². The molecule has 33 heavy (non-hydrogen) atoms. The Hall–Kier alpha value is -3.73. The van der Waals surface area contributed by atoms with Crippen LogP contribution >= 0.6 is 0 Å². The van der Waals surface area contributed by atoms with Gasteiger partial charge in [0.15, 0.2) is 5.82 Å². The van der Waals surface area contributed by atoms with Crippen LogP contribution < -0.4 is 14.2 Å². The Morgan fingerprint density at radius 2 is 1.67 bits per heavy atom. The van der Waals surface area contributed by atoms with E-state index in [0.29, 0.717) is 28.5 Å². The molecule has 0 unspecified atom stereocenters. The number of anilines is 1. The number of rotatable bonds is 7. The summed E-state index contributed by atoms with van der Waals surface area (Å²) in [5, 5.41) is 0. The highest BCUT2D eigenvalue weighted by atomic mass is 32.2. The van der Waals surface area contributed by atoms with Crippen molar-refractivity contribution >= 4 is 26.7 Å². The summed E-state index contributed by atoms with van der Waals surface area (Å²) < 4.78 is 74.1. The van der Waals surface area contributed by atoms with Crippen molar-refractivity contribution in [1.29, 1.82) is 0 Å². The molecule has 4 aromatic rings. The van der Waals surface area contributed by atoms with Crippen LogP contribution in [0, 0.1) is 0 Å². The van der Waals surface area contributed by atoms with Crippen LogP contribution in [0.4, 0.5) is 18.9 Å². The van der Waals surface area contributed by atoms with Gasteiger partial charge in [0.05, 0.1) is 23.0 Å². The molecule has 11 heteroatoms. The zero-order valence-corrected chi connectivity index (χ0v) is 18.0. The van der Waals surface area contributed by atoms with E-state index in [2.05, 4.69) is 14.4 Å². The zero-order chi connectivity index (χ0) is 23.6. The topological polar surface area (TPSA) is 82.5 Å². The average molecular weight is 477 g/mol. The van der Waals surface area contributed by atoms with Crippen molar-refractivity contribution in [2.75, 3.05) is 11.0 Å². The first-order valence-corrected chi connectivity index (χ1v) is 11.5. The Kier molecular flexibility index (Phi) is 5.90. The maximum atomic E-state index is 12.3. The number of ether oxygens (including phenoxy) is 2. The van der Waals surface area contributed by atoms with Crippen LogP contribution in [-0.2, 0) is 16.6 Å². The first-order valence-electron chi connectivity index (χ1n) is 9.61. The highest BCUT2D eigenvalue weighted by Gasteiger charge is 2.31. The number of imidazole rings is 1. The van der Waals surface area contributed by atoms with Gasteiger partial charge < -0.3 is 9.47 Å². The largest absolute Gasteiger partial charge is 0.573 e. The number of sulfonamides is 1. The van der Waals surface area contributed by atoms with Crippen molar-refractivity contribution in [2.24, 2.45) is 0 Å². The van der Waals surface area contributed by atoms with Crippen molar-refractivity contribution in [3.63, 3.8) is 0 Å². The molecule has 0 aliphatic carbocycles. The van der Waals surface area contributed by atoms with Gasteiger partial charge >= 0.3 is 6.36 Å². The Labute approximate surface area is 187 Å². The van der Waals surface area contributed by atoms with Crippen molar-refractivity contribution in [1.82, 2.24) is 9.55 Å². The van der Waals surface area contributed by atoms with Crippen molar-refractivity contribution in [3.8, 4) is 17.2 Å². The van der Waals surface area contributed by atoms with Crippen LogP contribution in [0.3, 0.4) is 0 Å². The summed E-state index contributed by atoms with van der Waals surface area (Å²) in [6.07, 6.45) is -3.70. The number of hydrogen-bond acceptors (Lipinski definition) is 5. The van der Waals surface area contributed by atoms with Gasteiger partial charge in [-0.25, -0.2) is 13.4 Å². The monoisotopic (exact) mass is 477 g/mol. The number of halogens is 3. The maximum Gasteiger partial charge on any atom is 0.573 e.